The standard InChI is InChI=1S/C15H14N4OS/c1-2-20-14-8-7-11-5-3-4-6-12(11)13(14)9-17-19-10-16-18-15(19)21/h3-10H,2H2,1H3,(H,18,21)/b17-9-. The fourth-order valence-electron chi connectivity index (χ4n) is 2.13. The molecule has 0 unspecified atom stereocenters. The number of H-pyrrole nitrogens is 1. The van der Waals surface area contributed by atoms with Gasteiger partial charge in [-0.2, -0.15) is 14.9 Å². The Morgan fingerprint density at radius 2 is 2.19 bits per heavy atom. The fourth-order valence-corrected chi connectivity index (χ4v) is 2.28. The van der Waals surface area contributed by atoms with E-state index in [1.807, 2.05) is 37.3 Å². The van der Waals surface area contributed by atoms with Gasteiger partial charge in [-0.25, -0.2) is 0 Å². The van der Waals surface area contributed by atoms with Crippen LogP contribution in [-0.4, -0.2) is 27.7 Å². The zero-order valence-electron chi connectivity index (χ0n) is 11.5. The second-order valence-corrected chi connectivity index (χ2v) is 4.77. The average Bonchev–Trinajstić information content (AvgIpc) is 2.91. The third-order valence-corrected chi connectivity index (χ3v) is 3.36. The van der Waals surface area contributed by atoms with Gasteiger partial charge < -0.3 is 4.74 Å². The van der Waals surface area contributed by atoms with Crippen LogP contribution in [0.2, 0.25) is 0 Å². The normalized spacial score (nSPS) is 11.3. The van der Waals surface area contributed by atoms with Crippen molar-refractivity contribution in [3.63, 3.8) is 0 Å². The lowest BCUT2D eigenvalue weighted by Gasteiger charge is -2.10. The highest BCUT2D eigenvalue weighted by Crippen LogP contribution is 2.26. The van der Waals surface area contributed by atoms with Crippen molar-refractivity contribution in [1.82, 2.24) is 14.9 Å². The summed E-state index contributed by atoms with van der Waals surface area (Å²) >= 11 is 5.08. The quantitative estimate of drug-likeness (QED) is 0.593. The molecular weight excluding hydrogens is 284 g/mol. The lowest BCUT2D eigenvalue weighted by Crippen LogP contribution is -1.98. The maximum absolute atomic E-state index is 5.70. The van der Waals surface area contributed by atoms with E-state index in [2.05, 4.69) is 21.4 Å². The fraction of sp³-hybridized carbons (Fsp3) is 0.133. The van der Waals surface area contributed by atoms with E-state index < -0.39 is 0 Å². The van der Waals surface area contributed by atoms with Crippen LogP contribution in [0.1, 0.15) is 12.5 Å². The van der Waals surface area contributed by atoms with E-state index in [0.29, 0.717) is 11.4 Å². The van der Waals surface area contributed by atoms with Crippen molar-refractivity contribution >= 4 is 29.2 Å². The molecule has 3 aromatic rings. The number of rotatable bonds is 4. The first kappa shape index (κ1) is 13.5. The van der Waals surface area contributed by atoms with E-state index in [1.54, 1.807) is 6.21 Å². The van der Waals surface area contributed by atoms with Crippen LogP contribution in [0.5, 0.6) is 5.75 Å². The molecule has 0 atom stereocenters. The van der Waals surface area contributed by atoms with Gasteiger partial charge >= 0.3 is 0 Å². The number of nitrogens with zero attached hydrogens (tertiary/aromatic N) is 3. The van der Waals surface area contributed by atoms with E-state index in [4.69, 9.17) is 17.0 Å². The van der Waals surface area contributed by atoms with Gasteiger partial charge in [0.1, 0.15) is 12.1 Å². The van der Waals surface area contributed by atoms with E-state index in [0.717, 1.165) is 22.1 Å². The molecule has 0 aliphatic heterocycles. The number of hydrogen-bond acceptors (Lipinski definition) is 4. The monoisotopic (exact) mass is 298 g/mol. The number of fused-ring (bicyclic) bond motifs is 1. The van der Waals surface area contributed by atoms with Gasteiger partial charge in [0, 0.05) is 5.56 Å². The molecule has 1 heterocycles. The summed E-state index contributed by atoms with van der Waals surface area (Å²) in [5.41, 5.74) is 0.929. The van der Waals surface area contributed by atoms with Crippen molar-refractivity contribution in [2.24, 2.45) is 5.10 Å². The smallest absolute Gasteiger partial charge is 0.216 e. The first-order valence-corrected chi connectivity index (χ1v) is 7.01. The summed E-state index contributed by atoms with van der Waals surface area (Å²) < 4.78 is 7.65. The molecular formula is C15H14N4OS. The summed E-state index contributed by atoms with van der Waals surface area (Å²) in [4.78, 5) is 0. The van der Waals surface area contributed by atoms with Crippen LogP contribution in [0.4, 0.5) is 0 Å². The number of hydrogen-bond donors (Lipinski definition) is 1. The van der Waals surface area contributed by atoms with Gasteiger partial charge in [-0.15, -0.1) is 0 Å². The largest absolute Gasteiger partial charge is 0.493 e. The third-order valence-electron chi connectivity index (χ3n) is 3.08. The number of benzene rings is 2. The Labute approximate surface area is 126 Å². The Morgan fingerprint density at radius 1 is 1.33 bits per heavy atom. The molecule has 0 saturated heterocycles. The second-order valence-electron chi connectivity index (χ2n) is 4.38. The molecule has 21 heavy (non-hydrogen) atoms. The minimum Gasteiger partial charge on any atom is -0.493 e. The summed E-state index contributed by atoms with van der Waals surface area (Å²) in [6, 6.07) is 12.1. The van der Waals surface area contributed by atoms with Crippen LogP contribution in [-0.2, 0) is 0 Å². The van der Waals surface area contributed by atoms with Crippen LogP contribution < -0.4 is 4.74 Å². The Morgan fingerprint density at radius 3 is 2.95 bits per heavy atom. The van der Waals surface area contributed by atoms with E-state index in [9.17, 15) is 0 Å². The highest BCUT2D eigenvalue weighted by molar-refractivity contribution is 7.71. The summed E-state index contributed by atoms with van der Waals surface area (Å²) in [5.74, 6) is 0.801. The molecule has 0 aliphatic rings. The second kappa shape index (κ2) is 5.88. The van der Waals surface area contributed by atoms with Gasteiger partial charge in [-0.05, 0) is 36.0 Å². The molecule has 0 fully saturated rings. The van der Waals surface area contributed by atoms with Crippen LogP contribution in [0, 0.1) is 4.77 Å². The number of ether oxygens (including phenoxy) is 1. The Bertz CT molecular complexity index is 850. The maximum Gasteiger partial charge on any atom is 0.216 e. The van der Waals surface area contributed by atoms with Gasteiger partial charge in [0.25, 0.3) is 0 Å². The molecule has 1 aromatic heterocycles. The van der Waals surface area contributed by atoms with Gasteiger partial charge in [0.15, 0.2) is 0 Å². The third kappa shape index (κ3) is 2.71. The van der Waals surface area contributed by atoms with Gasteiger partial charge in [0.2, 0.25) is 4.77 Å². The number of nitrogens with one attached hydrogen (secondary N) is 1. The number of aromatic amines is 1. The minimum atomic E-state index is 0.449. The molecule has 5 nitrogen and oxygen atoms in total. The molecule has 2 aromatic carbocycles. The van der Waals surface area contributed by atoms with Gasteiger partial charge in [-0.1, -0.05) is 30.3 Å². The molecule has 1 N–H and O–H groups in total. The predicted molar refractivity (Wildman–Crippen MR) is 85.5 cm³/mol. The maximum atomic E-state index is 5.70. The van der Waals surface area contributed by atoms with Crippen molar-refractivity contribution < 1.29 is 4.74 Å². The van der Waals surface area contributed by atoms with Crippen molar-refractivity contribution in [2.45, 2.75) is 6.92 Å². The average molecular weight is 298 g/mol. The summed E-state index contributed by atoms with van der Waals surface area (Å²) in [6.07, 6.45) is 3.28. The Balaban J connectivity index is 2.14. The highest BCUT2D eigenvalue weighted by Gasteiger charge is 2.06. The molecule has 0 aliphatic carbocycles. The van der Waals surface area contributed by atoms with E-state index in [-0.39, 0.29) is 0 Å². The van der Waals surface area contributed by atoms with Crippen LogP contribution >= 0.6 is 12.2 Å². The Hall–Kier alpha value is -2.47. The molecule has 0 amide bonds. The molecule has 0 bridgehead atoms. The van der Waals surface area contributed by atoms with Gasteiger partial charge in [-0.3, -0.25) is 5.10 Å². The molecule has 6 heteroatoms. The first-order chi connectivity index (χ1) is 10.3. The van der Waals surface area contributed by atoms with Crippen molar-refractivity contribution in [3.05, 3.63) is 53.1 Å². The molecule has 3 rings (SSSR count). The van der Waals surface area contributed by atoms with Crippen LogP contribution in [0.25, 0.3) is 10.8 Å². The highest BCUT2D eigenvalue weighted by atomic mass is 32.1. The summed E-state index contributed by atoms with van der Waals surface area (Å²) in [6.45, 7) is 2.56. The Kier molecular flexibility index (Phi) is 3.79. The van der Waals surface area contributed by atoms with Crippen molar-refractivity contribution in [2.75, 3.05) is 6.61 Å². The van der Waals surface area contributed by atoms with Gasteiger partial charge in [0.05, 0.1) is 12.8 Å². The topological polar surface area (TPSA) is 55.2 Å². The molecule has 0 saturated carbocycles. The van der Waals surface area contributed by atoms with Crippen molar-refractivity contribution in [1.29, 1.82) is 0 Å². The first-order valence-electron chi connectivity index (χ1n) is 6.60. The van der Waals surface area contributed by atoms with Crippen LogP contribution in [0.3, 0.4) is 0 Å². The number of aromatic nitrogens is 3. The van der Waals surface area contributed by atoms with E-state index in [1.165, 1.54) is 11.0 Å². The zero-order chi connectivity index (χ0) is 14.7. The van der Waals surface area contributed by atoms with Crippen molar-refractivity contribution in [3.8, 4) is 5.75 Å². The van der Waals surface area contributed by atoms with E-state index >= 15 is 0 Å². The predicted octanol–water partition coefficient (Wildman–Crippen LogP) is 3.37. The molecule has 106 valence electrons. The summed E-state index contributed by atoms with van der Waals surface area (Å²) in [5, 5.41) is 13.1. The summed E-state index contributed by atoms with van der Waals surface area (Å²) in [7, 11) is 0. The molecule has 0 spiro atoms. The van der Waals surface area contributed by atoms with Crippen LogP contribution in [0.15, 0.2) is 47.8 Å². The SMILES string of the molecule is CCOc1ccc2ccccc2c1/C=N\n1cn[nH]c1=S. The zero-order valence-corrected chi connectivity index (χ0v) is 12.3. The lowest BCUT2D eigenvalue weighted by atomic mass is 10.0. The minimum absolute atomic E-state index is 0.449. The molecule has 0 radical (unpaired) electrons. The lowest BCUT2D eigenvalue weighted by molar-refractivity contribution is 0.340.